The molecule has 4 heterocycles. The number of nitrogens with zero attached hydrogens (tertiary/aromatic N) is 5. The molecule has 2 aromatic carbocycles. The standard InChI is InChI=1S/C35H40N6O8S2/c1-34(2,3)49-29(42)15-17-40(20-23-9-7-6-8-10-23)51(45,46)24-11-13-27-25(19-24)35(16-18-39(21-35)33(44)48-5)22-41(27)32(43)38-31-36-26-12-14-28(47-4)37-30(26)50-31/h6-14,19H,15-18,20-22H2,1-5H3,(H,36,38,43). The van der Waals surface area contributed by atoms with Gasteiger partial charge >= 0.3 is 18.1 Å². The zero-order valence-electron chi connectivity index (χ0n) is 29.0. The summed E-state index contributed by atoms with van der Waals surface area (Å²) in [5, 5.41) is 3.21. The number of carbonyl (C=O) groups is 3. The minimum atomic E-state index is -4.17. The van der Waals surface area contributed by atoms with E-state index in [1.165, 1.54) is 35.9 Å². The molecule has 1 unspecified atom stereocenters. The Labute approximate surface area is 300 Å². The minimum absolute atomic E-state index is 0.00529. The predicted molar refractivity (Wildman–Crippen MR) is 192 cm³/mol. The van der Waals surface area contributed by atoms with Crippen LogP contribution in [0.5, 0.6) is 5.88 Å². The number of aromatic nitrogens is 2. The number of rotatable bonds is 9. The Kier molecular flexibility index (Phi) is 9.94. The van der Waals surface area contributed by atoms with Crippen molar-refractivity contribution in [3.63, 3.8) is 0 Å². The fraction of sp³-hybridized carbons (Fsp3) is 0.400. The highest BCUT2D eigenvalue weighted by Gasteiger charge is 2.50. The number of ether oxygens (including phenoxy) is 3. The van der Waals surface area contributed by atoms with Crippen LogP contribution in [0.1, 0.15) is 44.7 Å². The number of pyridine rings is 1. The smallest absolute Gasteiger partial charge is 0.409 e. The number of anilines is 2. The number of urea groups is 1. The quantitative estimate of drug-likeness (QED) is 0.221. The van der Waals surface area contributed by atoms with Gasteiger partial charge in [0.15, 0.2) is 5.13 Å². The number of hydrogen-bond donors (Lipinski definition) is 1. The number of thiazole rings is 1. The number of likely N-dealkylation sites (tertiary alicyclic amines) is 1. The van der Waals surface area contributed by atoms with Crippen LogP contribution < -0.4 is 15.0 Å². The van der Waals surface area contributed by atoms with Crippen LogP contribution in [-0.4, -0.2) is 91.7 Å². The van der Waals surface area contributed by atoms with Gasteiger partial charge in [-0.25, -0.2) is 28.0 Å². The molecule has 1 spiro atoms. The van der Waals surface area contributed by atoms with Crippen molar-refractivity contribution < 1.29 is 37.0 Å². The maximum Gasteiger partial charge on any atom is 0.409 e. The number of nitrogens with one attached hydrogen (secondary N) is 1. The van der Waals surface area contributed by atoms with Crippen LogP contribution in [0.15, 0.2) is 65.6 Å². The van der Waals surface area contributed by atoms with Gasteiger partial charge in [-0.3, -0.25) is 15.0 Å². The lowest BCUT2D eigenvalue weighted by Gasteiger charge is -2.26. The molecule has 0 aliphatic carbocycles. The first-order chi connectivity index (χ1) is 24.2. The van der Waals surface area contributed by atoms with Crippen LogP contribution in [0.3, 0.4) is 0 Å². The molecular weight excluding hydrogens is 697 g/mol. The van der Waals surface area contributed by atoms with Crippen LogP contribution in [0.25, 0.3) is 10.3 Å². The number of hydrogen-bond acceptors (Lipinski definition) is 11. The summed E-state index contributed by atoms with van der Waals surface area (Å²) < 4.78 is 45.8. The third-order valence-corrected chi connectivity index (χ3v) is 11.5. The summed E-state index contributed by atoms with van der Waals surface area (Å²) in [5.74, 6) is -0.0870. The second-order valence-electron chi connectivity index (χ2n) is 13.5. The van der Waals surface area contributed by atoms with E-state index in [1.807, 2.05) is 30.3 Å². The number of esters is 1. The molecule has 14 nitrogen and oxygen atoms in total. The Hall–Kier alpha value is -4.80. The molecule has 2 aliphatic heterocycles. The molecule has 6 rings (SSSR count). The summed E-state index contributed by atoms with van der Waals surface area (Å²) in [7, 11) is -1.35. The molecule has 0 saturated carbocycles. The van der Waals surface area contributed by atoms with Crippen molar-refractivity contribution in [1.82, 2.24) is 19.2 Å². The van der Waals surface area contributed by atoms with Gasteiger partial charge < -0.3 is 19.1 Å². The highest BCUT2D eigenvalue weighted by Crippen LogP contribution is 2.48. The second kappa shape index (κ2) is 14.1. The van der Waals surface area contributed by atoms with Crippen molar-refractivity contribution in [1.29, 1.82) is 0 Å². The first kappa shape index (κ1) is 36.0. The molecule has 3 amide bonds. The van der Waals surface area contributed by atoms with Crippen molar-refractivity contribution in [2.24, 2.45) is 0 Å². The zero-order valence-corrected chi connectivity index (χ0v) is 30.7. The average molecular weight is 737 g/mol. The molecule has 2 aliphatic rings. The summed E-state index contributed by atoms with van der Waals surface area (Å²) in [5.41, 5.74) is 0.994. The van der Waals surface area contributed by atoms with Crippen LogP contribution >= 0.6 is 11.3 Å². The average Bonchev–Trinajstić information content (AvgIpc) is 3.80. The van der Waals surface area contributed by atoms with E-state index in [9.17, 15) is 22.8 Å². The van der Waals surface area contributed by atoms with Crippen molar-refractivity contribution in [3.05, 3.63) is 71.8 Å². The Morgan fingerprint density at radius 3 is 2.49 bits per heavy atom. The number of carbonyl (C=O) groups excluding carboxylic acids is 3. The van der Waals surface area contributed by atoms with Crippen molar-refractivity contribution in [3.8, 4) is 5.88 Å². The van der Waals surface area contributed by atoms with Gasteiger partial charge in [0.2, 0.25) is 15.9 Å². The molecule has 2 aromatic heterocycles. The summed E-state index contributed by atoms with van der Waals surface area (Å²) in [6.45, 7) is 5.96. The molecule has 1 fully saturated rings. The second-order valence-corrected chi connectivity index (χ2v) is 16.4. The number of sulfonamides is 1. The molecule has 1 atom stereocenters. The summed E-state index contributed by atoms with van der Waals surface area (Å²) in [4.78, 5) is 51.8. The topological polar surface area (TPSA) is 161 Å². The van der Waals surface area contributed by atoms with E-state index in [0.717, 1.165) is 5.56 Å². The van der Waals surface area contributed by atoms with Gasteiger partial charge in [-0.2, -0.15) is 4.31 Å². The summed E-state index contributed by atoms with van der Waals surface area (Å²) >= 11 is 1.20. The van der Waals surface area contributed by atoms with Crippen molar-refractivity contribution in [2.75, 3.05) is 50.6 Å². The zero-order chi connectivity index (χ0) is 36.6. The molecule has 16 heteroatoms. The number of amides is 3. The molecular formula is C35H40N6O8S2. The van der Waals surface area contributed by atoms with Gasteiger partial charge in [-0.1, -0.05) is 41.7 Å². The number of benzene rings is 2. The molecule has 51 heavy (non-hydrogen) atoms. The van der Waals surface area contributed by atoms with Gasteiger partial charge in [0, 0.05) is 49.9 Å². The van der Waals surface area contributed by atoms with Gasteiger partial charge in [-0.15, -0.1) is 0 Å². The van der Waals surface area contributed by atoms with Crippen LogP contribution in [-0.2, 0) is 36.3 Å². The lowest BCUT2D eigenvalue weighted by molar-refractivity contribution is -0.154. The third-order valence-electron chi connectivity index (χ3n) is 8.80. The third kappa shape index (κ3) is 7.62. The Balaban J connectivity index is 1.34. The highest BCUT2D eigenvalue weighted by atomic mass is 32.2. The lowest BCUT2D eigenvalue weighted by Crippen LogP contribution is -2.41. The Morgan fingerprint density at radius 1 is 1.02 bits per heavy atom. The summed E-state index contributed by atoms with van der Waals surface area (Å²) in [6.07, 6.45) is -0.179. The maximum atomic E-state index is 14.4. The van der Waals surface area contributed by atoms with Crippen LogP contribution in [0.4, 0.5) is 20.4 Å². The van der Waals surface area contributed by atoms with E-state index in [0.29, 0.717) is 45.6 Å². The molecule has 0 radical (unpaired) electrons. The predicted octanol–water partition coefficient (Wildman–Crippen LogP) is 5.38. The SMILES string of the molecule is COC(=O)N1CCC2(C1)CN(C(=O)Nc1nc3ccc(OC)nc3s1)c1ccc(S(=O)(=O)N(CCC(=O)OC(C)(C)C)Cc3ccccc3)cc12. The van der Waals surface area contributed by atoms with Crippen LogP contribution in [0, 0.1) is 0 Å². The minimum Gasteiger partial charge on any atom is -0.481 e. The monoisotopic (exact) mass is 736 g/mol. The van der Waals surface area contributed by atoms with Gasteiger partial charge in [0.1, 0.15) is 15.9 Å². The summed E-state index contributed by atoms with van der Waals surface area (Å²) in [6, 6.07) is 16.8. The van der Waals surface area contributed by atoms with Gasteiger partial charge in [-0.05, 0) is 62.6 Å². The Morgan fingerprint density at radius 2 is 1.78 bits per heavy atom. The van der Waals surface area contributed by atoms with Crippen LogP contribution in [0.2, 0.25) is 0 Å². The van der Waals surface area contributed by atoms with Gasteiger partial charge in [0.05, 0.1) is 25.5 Å². The lowest BCUT2D eigenvalue weighted by atomic mass is 9.81. The fourth-order valence-electron chi connectivity index (χ4n) is 6.45. The number of fused-ring (bicyclic) bond motifs is 3. The van der Waals surface area contributed by atoms with E-state index < -0.39 is 39.1 Å². The maximum absolute atomic E-state index is 14.4. The van der Waals surface area contributed by atoms with Gasteiger partial charge in [0.25, 0.3) is 0 Å². The molecule has 270 valence electrons. The first-order valence-corrected chi connectivity index (χ1v) is 18.6. The molecule has 0 bridgehead atoms. The van der Waals surface area contributed by atoms with Crippen molar-refractivity contribution in [2.45, 2.75) is 56.1 Å². The molecule has 4 aromatic rings. The fourth-order valence-corrected chi connectivity index (χ4v) is 8.73. The first-order valence-electron chi connectivity index (χ1n) is 16.3. The van der Waals surface area contributed by atoms with Crippen molar-refractivity contribution >= 4 is 60.6 Å². The van der Waals surface area contributed by atoms with E-state index in [1.54, 1.807) is 54.8 Å². The van der Waals surface area contributed by atoms with E-state index in [2.05, 4.69) is 15.3 Å². The highest BCUT2D eigenvalue weighted by molar-refractivity contribution is 7.89. The normalized spacial score (nSPS) is 17.2. The largest absolute Gasteiger partial charge is 0.481 e. The molecule has 1 N–H and O–H groups in total. The molecule has 1 saturated heterocycles. The van der Waals surface area contributed by atoms with E-state index in [4.69, 9.17) is 14.2 Å². The number of methoxy groups -OCH3 is 2. The van der Waals surface area contributed by atoms with E-state index in [-0.39, 0.29) is 37.5 Å². The van der Waals surface area contributed by atoms with E-state index >= 15 is 0 Å². The Bertz CT molecular complexity index is 2070.